The van der Waals surface area contributed by atoms with Gasteiger partial charge in [0.05, 0.1) is 5.92 Å². The summed E-state index contributed by atoms with van der Waals surface area (Å²) in [5.74, 6) is -1.25. The van der Waals surface area contributed by atoms with Gasteiger partial charge in [-0.25, -0.2) is 0 Å². The van der Waals surface area contributed by atoms with Crippen LogP contribution >= 0.6 is 15.9 Å². The Bertz CT molecular complexity index is 251. The molecule has 4 atom stereocenters. The number of rotatable bonds is 1. The van der Waals surface area contributed by atoms with Gasteiger partial charge in [0.1, 0.15) is 5.78 Å². The third-order valence-corrected chi connectivity index (χ3v) is 4.03. The monoisotopic (exact) mass is 232 g/mol. The molecule has 12 heavy (non-hydrogen) atoms. The van der Waals surface area contributed by atoms with E-state index in [-0.39, 0.29) is 22.4 Å². The fourth-order valence-corrected chi connectivity index (χ4v) is 3.33. The highest BCUT2D eigenvalue weighted by Gasteiger charge is 2.55. The fraction of sp³-hybridized carbons (Fsp3) is 0.750. The summed E-state index contributed by atoms with van der Waals surface area (Å²) in [5, 5.41) is 8.86. The van der Waals surface area contributed by atoms with Crippen molar-refractivity contribution in [3.63, 3.8) is 0 Å². The first-order valence-electron chi connectivity index (χ1n) is 4.01. The second kappa shape index (κ2) is 2.55. The van der Waals surface area contributed by atoms with E-state index in [1.54, 1.807) is 0 Å². The van der Waals surface area contributed by atoms with Gasteiger partial charge in [-0.2, -0.15) is 0 Å². The molecule has 66 valence electrons. The van der Waals surface area contributed by atoms with Gasteiger partial charge in [0.25, 0.3) is 0 Å². The van der Waals surface area contributed by atoms with Crippen molar-refractivity contribution in [1.29, 1.82) is 0 Å². The van der Waals surface area contributed by atoms with Crippen molar-refractivity contribution in [2.75, 3.05) is 0 Å². The normalized spacial score (nSPS) is 45.2. The smallest absolute Gasteiger partial charge is 0.307 e. The van der Waals surface area contributed by atoms with Crippen LogP contribution in [0.25, 0.3) is 0 Å². The van der Waals surface area contributed by atoms with Crippen LogP contribution in [0.1, 0.15) is 12.8 Å². The molecule has 2 aliphatic carbocycles. The molecule has 0 aliphatic heterocycles. The second-order valence-corrected chi connectivity index (χ2v) is 4.73. The minimum absolute atomic E-state index is 0.0417. The Morgan fingerprint density at radius 3 is 2.58 bits per heavy atom. The van der Waals surface area contributed by atoms with Crippen LogP contribution < -0.4 is 0 Å². The zero-order valence-corrected chi connectivity index (χ0v) is 7.95. The molecule has 1 N–H and O–H groups in total. The lowest BCUT2D eigenvalue weighted by atomic mass is 9.98. The van der Waals surface area contributed by atoms with Crippen molar-refractivity contribution in [2.45, 2.75) is 17.7 Å². The summed E-state index contributed by atoms with van der Waals surface area (Å²) in [5.41, 5.74) is 0. The first kappa shape index (κ1) is 8.23. The van der Waals surface area contributed by atoms with Gasteiger partial charge >= 0.3 is 5.97 Å². The van der Waals surface area contributed by atoms with Crippen molar-refractivity contribution >= 4 is 27.7 Å². The molecule has 0 aromatic rings. The largest absolute Gasteiger partial charge is 0.481 e. The quantitative estimate of drug-likeness (QED) is 0.689. The first-order chi connectivity index (χ1) is 5.61. The fourth-order valence-electron chi connectivity index (χ4n) is 2.41. The molecular formula is C8H9BrO3. The van der Waals surface area contributed by atoms with Gasteiger partial charge in [-0.15, -0.1) is 0 Å². The van der Waals surface area contributed by atoms with Crippen LogP contribution in [0.4, 0.5) is 0 Å². The topological polar surface area (TPSA) is 54.4 Å². The first-order valence-corrected chi connectivity index (χ1v) is 4.92. The van der Waals surface area contributed by atoms with E-state index >= 15 is 0 Å². The highest BCUT2D eigenvalue weighted by Crippen LogP contribution is 2.50. The predicted molar refractivity (Wildman–Crippen MR) is 45.1 cm³/mol. The summed E-state index contributed by atoms with van der Waals surface area (Å²) >= 11 is 3.42. The standard InChI is InChI=1S/C8H9BrO3/c9-5-1-4-6(10)2-3(5)7(4)8(11)12/h3-5,7H,1-2H2,(H,11,12)/t3-,4+,5-,7-/m1/s1. The van der Waals surface area contributed by atoms with E-state index < -0.39 is 11.9 Å². The Balaban J connectivity index is 2.28. The Morgan fingerprint density at radius 1 is 1.58 bits per heavy atom. The van der Waals surface area contributed by atoms with Gasteiger partial charge in [-0.1, -0.05) is 15.9 Å². The van der Waals surface area contributed by atoms with Crippen LogP contribution in [0.2, 0.25) is 0 Å². The van der Waals surface area contributed by atoms with Gasteiger partial charge in [0.2, 0.25) is 0 Å². The molecule has 0 radical (unpaired) electrons. The maximum Gasteiger partial charge on any atom is 0.307 e. The van der Waals surface area contributed by atoms with Crippen LogP contribution in [0.3, 0.4) is 0 Å². The Kier molecular flexibility index (Phi) is 1.75. The number of hydrogen-bond acceptors (Lipinski definition) is 2. The average Bonchev–Trinajstić information content (AvgIpc) is 2.41. The maximum absolute atomic E-state index is 11.2. The molecule has 2 aliphatic rings. The number of carbonyl (C=O) groups excluding carboxylic acids is 1. The summed E-state index contributed by atoms with van der Waals surface area (Å²) < 4.78 is 0. The molecule has 0 amide bonds. The van der Waals surface area contributed by atoms with E-state index in [0.29, 0.717) is 12.8 Å². The van der Waals surface area contributed by atoms with Crippen LogP contribution in [0, 0.1) is 17.8 Å². The number of aliphatic carboxylic acids is 1. The van der Waals surface area contributed by atoms with Crippen LogP contribution in [0.5, 0.6) is 0 Å². The number of Topliss-reactive ketones (excluding diaryl/α,β-unsaturated/α-hetero) is 1. The number of halogens is 1. The number of carboxylic acid groups (broad SMARTS) is 1. The van der Waals surface area contributed by atoms with Gasteiger partial charge in [-0.3, -0.25) is 9.59 Å². The molecule has 2 bridgehead atoms. The Hall–Kier alpha value is -0.380. The molecule has 2 rings (SSSR count). The SMILES string of the molecule is O=C(O)[C@@H]1[C@@H]2CC(=O)[C@@H]1C[C@H]2Br. The number of carbonyl (C=O) groups is 2. The van der Waals surface area contributed by atoms with Crippen molar-refractivity contribution in [2.24, 2.45) is 17.8 Å². The second-order valence-electron chi connectivity index (χ2n) is 3.56. The third kappa shape index (κ3) is 0.937. The van der Waals surface area contributed by atoms with Gasteiger partial charge < -0.3 is 5.11 Å². The molecular weight excluding hydrogens is 224 g/mol. The molecule has 0 aromatic carbocycles. The van der Waals surface area contributed by atoms with E-state index in [9.17, 15) is 9.59 Å². The molecule has 0 heterocycles. The number of carboxylic acids is 1. The molecule has 2 saturated carbocycles. The third-order valence-electron chi connectivity index (χ3n) is 2.97. The Labute approximate surface area is 78.3 Å². The highest BCUT2D eigenvalue weighted by atomic mass is 79.9. The molecule has 4 heteroatoms. The maximum atomic E-state index is 11.2. The summed E-state index contributed by atoms with van der Waals surface area (Å²) in [7, 11) is 0. The van der Waals surface area contributed by atoms with Gasteiger partial charge in [0, 0.05) is 17.2 Å². The van der Waals surface area contributed by atoms with E-state index in [1.807, 2.05) is 0 Å². The Morgan fingerprint density at radius 2 is 2.25 bits per heavy atom. The van der Waals surface area contributed by atoms with E-state index in [2.05, 4.69) is 15.9 Å². The average molecular weight is 233 g/mol. The minimum atomic E-state index is -0.808. The van der Waals surface area contributed by atoms with E-state index in [4.69, 9.17) is 5.11 Å². The van der Waals surface area contributed by atoms with E-state index in [1.165, 1.54) is 0 Å². The van der Waals surface area contributed by atoms with Crippen LogP contribution in [-0.4, -0.2) is 21.7 Å². The molecule has 0 aromatic heterocycles. The van der Waals surface area contributed by atoms with Crippen molar-refractivity contribution in [3.05, 3.63) is 0 Å². The molecule has 3 nitrogen and oxygen atoms in total. The zero-order valence-electron chi connectivity index (χ0n) is 6.37. The van der Waals surface area contributed by atoms with Crippen LogP contribution in [-0.2, 0) is 9.59 Å². The number of alkyl halides is 1. The number of fused-ring (bicyclic) bond motifs is 2. The van der Waals surface area contributed by atoms with Crippen molar-refractivity contribution in [1.82, 2.24) is 0 Å². The zero-order chi connectivity index (χ0) is 8.88. The molecule has 0 unspecified atom stereocenters. The minimum Gasteiger partial charge on any atom is -0.481 e. The van der Waals surface area contributed by atoms with Crippen molar-refractivity contribution < 1.29 is 14.7 Å². The lowest BCUT2D eigenvalue weighted by Gasteiger charge is -2.13. The van der Waals surface area contributed by atoms with Crippen LogP contribution in [0.15, 0.2) is 0 Å². The van der Waals surface area contributed by atoms with E-state index in [0.717, 1.165) is 0 Å². The predicted octanol–water partition coefficient (Wildman–Crippen LogP) is 1.06. The van der Waals surface area contributed by atoms with Gasteiger partial charge in [0.15, 0.2) is 0 Å². The number of ketones is 1. The number of hydrogen-bond donors (Lipinski definition) is 1. The van der Waals surface area contributed by atoms with Crippen molar-refractivity contribution in [3.8, 4) is 0 Å². The lowest BCUT2D eigenvalue weighted by Crippen LogP contribution is -2.20. The molecule has 0 spiro atoms. The molecule has 0 saturated heterocycles. The summed E-state index contributed by atoms with van der Waals surface area (Å²) in [6.45, 7) is 0. The molecule has 2 fully saturated rings. The summed E-state index contributed by atoms with van der Waals surface area (Å²) in [6.07, 6.45) is 1.16. The lowest BCUT2D eigenvalue weighted by molar-refractivity contribution is -0.144. The highest BCUT2D eigenvalue weighted by molar-refractivity contribution is 9.09. The van der Waals surface area contributed by atoms with Gasteiger partial charge in [-0.05, 0) is 12.3 Å². The summed E-state index contributed by atoms with van der Waals surface area (Å²) in [6, 6.07) is 0. The summed E-state index contributed by atoms with van der Waals surface area (Å²) in [4.78, 5) is 22.2.